The van der Waals surface area contributed by atoms with Gasteiger partial charge in [-0.3, -0.25) is 9.69 Å². The molecule has 0 aromatic heterocycles. The maximum absolute atomic E-state index is 12.7. The highest BCUT2D eigenvalue weighted by Gasteiger charge is 2.54. The Labute approximate surface area is 143 Å². The largest absolute Gasteiger partial charge is 0.336 e. The van der Waals surface area contributed by atoms with Crippen LogP contribution < -0.4 is 0 Å². The number of amides is 1. The van der Waals surface area contributed by atoms with Crippen molar-refractivity contribution in [2.45, 2.75) is 37.8 Å². The molecule has 4 heterocycles. The molecule has 0 N–H and O–H groups in total. The van der Waals surface area contributed by atoms with Gasteiger partial charge in [0.1, 0.15) is 0 Å². The van der Waals surface area contributed by atoms with Crippen LogP contribution in [0.2, 0.25) is 0 Å². The number of hydrogen-bond acceptors (Lipinski definition) is 3. The van der Waals surface area contributed by atoms with Gasteiger partial charge in [0, 0.05) is 18.5 Å². The van der Waals surface area contributed by atoms with Gasteiger partial charge in [0.25, 0.3) is 0 Å². The van der Waals surface area contributed by atoms with Crippen LogP contribution in [-0.4, -0.2) is 59.4 Å². The summed E-state index contributed by atoms with van der Waals surface area (Å²) in [5.74, 6) is 2.16. The molecule has 5 rings (SSSR count). The Morgan fingerprint density at radius 3 is 2.52 bits per heavy atom. The van der Waals surface area contributed by atoms with Crippen LogP contribution in [0, 0.1) is 12.8 Å². The number of benzene rings is 1. The van der Waals surface area contributed by atoms with Gasteiger partial charge in [0.05, 0.1) is 11.8 Å². The smallest absolute Gasteiger partial charge is 0.232 e. The second-order valence-electron chi connectivity index (χ2n) is 7.35. The van der Waals surface area contributed by atoms with Gasteiger partial charge in [-0.05, 0) is 50.6 Å². The Morgan fingerprint density at radius 1 is 1.17 bits per heavy atom. The van der Waals surface area contributed by atoms with Crippen LogP contribution in [0.1, 0.15) is 29.9 Å². The predicted octanol–water partition coefficient (Wildman–Crippen LogP) is 2.75. The van der Waals surface area contributed by atoms with E-state index in [0.717, 1.165) is 6.54 Å². The van der Waals surface area contributed by atoms with Crippen molar-refractivity contribution in [3.63, 3.8) is 0 Å². The molecule has 1 aromatic rings. The number of carbonyl (C=O) groups is 1. The molecule has 4 aliphatic heterocycles. The van der Waals surface area contributed by atoms with Gasteiger partial charge in [0.15, 0.2) is 0 Å². The molecule has 23 heavy (non-hydrogen) atoms. The summed E-state index contributed by atoms with van der Waals surface area (Å²) < 4.78 is 0. The molecule has 1 aromatic carbocycles. The zero-order valence-corrected chi connectivity index (χ0v) is 14.9. The Kier molecular flexibility index (Phi) is 4.14. The van der Waals surface area contributed by atoms with Gasteiger partial charge in [-0.2, -0.15) is 11.8 Å². The third-order valence-electron chi connectivity index (χ3n) is 6.09. The Bertz CT molecular complexity index is 580. The van der Waals surface area contributed by atoms with Crippen molar-refractivity contribution in [3.8, 4) is 0 Å². The molecule has 0 spiro atoms. The molecule has 0 radical (unpaired) electrons. The summed E-state index contributed by atoms with van der Waals surface area (Å²) in [5, 5.41) is 0. The van der Waals surface area contributed by atoms with E-state index in [9.17, 15) is 4.79 Å². The maximum Gasteiger partial charge on any atom is 0.232 e. The lowest BCUT2D eigenvalue weighted by atomic mass is 9.75. The van der Waals surface area contributed by atoms with Crippen LogP contribution in [0.15, 0.2) is 24.3 Å². The van der Waals surface area contributed by atoms with E-state index >= 15 is 0 Å². The summed E-state index contributed by atoms with van der Waals surface area (Å²) in [7, 11) is 0. The highest BCUT2D eigenvalue weighted by Crippen LogP contribution is 2.46. The SMILES string of the molecule is CSCC(=O)N1C[C@@H](c2ccc(C)cc2)[C@@H]2[C@H]1C1CCN2CC1. The fourth-order valence-electron chi connectivity index (χ4n) is 5.02. The minimum Gasteiger partial charge on any atom is -0.336 e. The molecule has 0 saturated carbocycles. The monoisotopic (exact) mass is 330 g/mol. The average Bonchev–Trinajstić information content (AvgIpc) is 3.00. The van der Waals surface area contributed by atoms with E-state index < -0.39 is 0 Å². The normalized spacial score (nSPS) is 35.4. The third-order valence-corrected chi connectivity index (χ3v) is 6.62. The molecule has 4 aliphatic rings. The topological polar surface area (TPSA) is 23.6 Å². The number of piperidine rings is 3. The standard InChI is InChI=1S/C19H26N2OS/c1-13-3-5-14(6-4-13)16-11-21(17(22)12-23-2)18-15-7-9-20(10-8-15)19(16)18/h3-6,15-16,18-19H,7-12H2,1-2H3/t16-,18+,19+/m0/s1. The first-order valence-electron chi connectivity index (χ1n) is 8.78. The maximum atomic E-state index is 12.7. The van der Waals surface area contributed by atoms with Gasteiger partial charge in [0.2, 0.25) is 5.91 Å². The van der Waals surface area contributed by atoms with E-state index in [0.29, 0.717) is 35.6 Å². The Hall–Kier alpha value is -1.00. The van der Waals surface area contributed by atoms with Gasteiger partial charge in [-0.15, -0.1) is 0 Å². The first kappa shape index (κ1) is 15.5. The first-order valence-corrected chi connectivity index (χ1v) is 10.2. The molecular weight excluding hydrogens is 304 g/mol. The zero-order valence-electron chi connectivity index (χ0n) is 14.1. The van der Waals surface area contributed by atoms with E-state index in [2.05, 4.69) is 41.0 Å². The number of nitrogens with zero attached hydrogens (tertiary/aromatic N) is 2. The second-order valence-corrected chi connectivity index (χ2v) is 8.22. The zero-order chi connectivity index (χ0) is 16.0. The number of rotatable bonds is 3. The van der Waals surface area contributed by atoms with Crippen molar-refractivity contribution < 1.29 is 4.79 Å². The predicted molar refractivity (Wildman–Crippen MR) is 95.9 cm³/mol. The van der Waals surface area contributed by atoms with E-state index in [1.54, 1.807) is 11.8 Å². The quantitative estimate of drug-likeness (QED) is 0.851. The molecule has 2 bridgehead atoms. The van der Waals surface area contributed by atoms with E-state index in [4.69, 9.17) is 0 Å². The summed E-state index contributed by atoms with van der Waals surface area (Å²) in [6, 6.07) is 9.98. The number of likely N-dealkylation sites (tertiary alicyclic amines) is 1. The third kappa shape index (κ3) is 2.60. The lowest BCUT2D eigenvalue weighted by molar-refractivity contribution is -0.133. The fourth-order valence-corrected chi connectivity index (χ4v) is 5.43. The lowest BCUT2D eigenvalue weighted by Crippen LogP contribution is -2.60. The molecule has 0 unspecified atom stereocenters. The van der Waals surface area contributed by atoms with Crippen LogP contribution in [0.25, 0.3) is 0 Å². The van der Waals surface area contributed by atoms with Crippen LogP contribution in [0.3, 0.4) is 0 Å². The van der Waals surface area contributed by atoms with Crippen molar-refractivity contribution in [2.75, 3.05) is 31.6 Å². The molecular formula is C19H26N2OS. The van der Waals surface area contributed by atoms with Crippen molar-refractivity contribution in [1.29, 1.82) is 0 Å². The molecule has 1 amide bonds. The summed E-state index contributed by atoms with van der Waals surface area (Å²) in [5.41, 5.74) is 2.72. The second kappa shape index (κ2) is 6.14. The summed E-state index contributed by atoms with van der Waals surface area (Å²) in [4.78, 5) is 17.6. The molecule has 4 fully saturated rings. The van der Waals surface area contributed by atoms with Crippen molar-refractivity contribution in [3.05, 3.63) is 35.4 Å². The van der Waals surface area contributed by atoms with Gasteiger partial charge >= 0.3 is 0 Å². The minimum absolute atomic E-state index is 0.343. The van der Waals surface area contributed by atoms with Crippen LogP contribution in [0.5, 0.6) is 0 Å². The fraction of sp³-hybridized carbons (Fsp3) is 0.632. The number of carbonyl (C=O) groups excluding carboxylic acids is 1. The van der Waals surface area contributed by atoms with Crippen molar-refractivity contribution in [2.24, 2.45) is 5.92 Å². The summed E-state index contributed by atoms with van der Waals surface area (Å²) in [6.45, 7) is 5.49. The van der Waals surface area contributed by atoms with Crippen LogP contribution in [-0.2, 0) is 4.79 Å². The number of hydrogen-bond donors (Lipinski definition) is 0. The molecule has 124 valence electrons. The van der Waals surface area contributed by atoms with Crippen LogP contribution in [0.4, 0.5) is 0 Å². The van der Waals surface area contributed by atoms with Crippen molar-refractivity contribution in [1.82, 2.24) is 9.80 Å². The van der Waals surface area contributed by atoms with E-state index in [-0.39, 0.29) is 0 Å². The van der Waals surface area contributed by atoms with E-state index in [1.807, 2.05) is 6.26 Å². The number of fused-ring (bicyclic) bond motifs is 2. The summed E-state index contributed by atoms with van der Waals surface area (Å²) in [6.07, 6.45) is 4.56. The number of thioether (sulfide) groups is 1. The highest BCUT2D eigenvalue weighted by molar-refractivity contribution is 7.99. The van der Waals surface area contributed by atoms with Crippen molar-refractivity contribution >= 4 is 17.7 Å². The number of aryl methyl sites for hydroxylation is 1. The van der Waals surface area contributed by atoms with Gasteiger partial charge in [-0.25, -0.2) is 0 Å². The first-order chi connectivity index (χ1) is 11.2. The molecule has 3 atom stereocenters. The molecule has 4 saturated heterocycles. The molecule has 3 nitrogen and oxygen atoms in total. The van der Waals surface area contributed by atoms with Gasteiger partial charge < -0.3 is 4.90 Å². The van der Waals surface area contributed by atoms with Crippen LogP contribution >= 0.6 is 11.8 Å². The van der Waals surface area contributed by atoms with E-state index in [1.165, 1.54) is 37.1 Å². The Morgan fingerprint density at radius 2 is 1.87 bits per heavy atom. The average molecular weight is 330 g/mol. The van der Waals surface area contributed by atoms with Gasteiger partial charge in [-0.1, -0.05) is 29.8 Å². The molecule has 4 heteroatoms. The Balaban J connectivity index is 1.67. The molecule has 0 aliphatic carbocycles. The minimum atomic E-state index is 0.343. The lowest BCUT2D eigenvalue weighted by Gasteiger charge is -2.51. The summed E-state index contributed by atoms with van der Waals surface area (Å²) >= 11 is 1.65. The highest BCUT2D eigenvalue weighted by atomic mass is 32.2.